The molecule has 2 heterocycles. The molecule has 2 aliphatic rings. The average Bonchev–Trinajstić information content (AvgIpc) is 3.24. The molecule has 2 fully saturated rings. The highest BCUT2D eigenvalue weighted by atomic mass is 16.8. The summed E-state index contributed by atoms with van der Waals surface area (Å²) >= 11 is 0. The Balaban J connectivity index is 2.15. The minimum absolute atomic E-state index is 0.128. The van der Waals surface area contributed by atoms with Gasteiger partial charge in [0, 0.05) is 6.61 Å². The van der Waals surface area contributed by atoms with Crippen LogP contribution in [0.5, 0.6) is 0 Å². The first-order chi connectivity index (χ1) is 29.3. The van der Waals surface area contributed by atoms with Gasteiger partial charge in [-0.15, -0.1) is 0 Å². The topological polar surface area (TPSA) is 402 Å². The third-order valence-electron chi connectivity index (χ3n) is 10.1. The van der Waals surface area contributed by atoms with E-state index in [1.807, 2.05) is 0 Å². The highest BCUT2D eigenvalue weighted by Crippen LogP contribution is 2.32. The monoisotopic (exact) mass is 915 g/mol. The van der Waals surface area contributed by atoms with E-state index in [1.165, 1.54) is 34.6 Å². The lowest BCUT2D eigenvalue weighted by atomic mass is 9.96. The second kappa shape index (κ2) is 28.9. The van der Waals surface area contributed by atoms with Crippen LogP contribution in [-0.4, -0.2) is 260 Å². The molecule has 0 spiro atoms. The first-order valence-electron chi connectivity index (χ1n) is 20.6. The van der Waals surface area contributed by atoms with Crippen LogP contribution in [0.3, 0.4) is 0 Å². The molecule has 25 heteroatoms. The zero-order valence-electron chi connectivity index (χ0n) is 35.7. The molecule has 2 saturated heterocycles. The zero-order chi connectivity index (χ0) is 46.8. The fourth-order valence-corrected chi connectivity index (χ4v) is 6.29. The van der Waals surface area contributed by atoms with E-state index in [0.717, 1.165) is 0 Å². The number of ether oxygens (including phenoxy) is 10. The van der Waals surface area contributed by atoms with Crippen LogP contribution in [-0.2, 0) is 47.4 Å². The van der Waals surface area contributed by atoms with Crippen LogP contribution in [0.25, 0.3) is 0 Å². The Morgan fingerprint density at radius 2 is 0.984 bits per heavy atom. The van der Waals surface area contributed by atoms with Crippen molar-refractivity contribution in [2.24, 2.45) is 5.73 Å². The van der Waals surface area contributed by atoms with E-state index in [0.29, 0.717) is 19.4 Å². The van der Waals surface area contributed by atoms with Crippen molar-refractivity contribution in [2.45, 2.75) is 183 Å². The van der Waals surface area contributed by atoms with Crippen LogP contribution in [0.1, 0.15) is 47.5 Å². The number of hydrogen-bond donors (Lipinski definition) is 15. The predicted octanol–water partition coefficient (Wildman–Crippen LogP) is -7.19. The maximum Gasteiger partial charge on any atom is 0.187 e. The second-order valence-corrected chi connectivity index (χ2v) is 15.3. The van der Waals surface area contributed by atoms with Gasteiger partial charge < -0.3 is 125 Å². The van der Waals surface area contributed by atoms with Gasteiger partial charge in [-0.05, 0) is 54.0 Å². The smallest absolute Gasteiger partial charge is 0.187 e. The van der Waals surface area contributed by atoms with Crippen molar-refractivity contribution < 1.29 is 119 Å². The zero-order valence-corrected chi connectivity index (χ0v) is 35.7. The molecule has 22 atom stereocenters. The van der Waals surface area contributed by atoms with Crippen LogP contribution < -0.4 is 5.73 Å². The van der Waals surface area contributed by atoms with Crippen molar-refractivity contribution in [1.29, 1.82) is 0 Å². The molecule has 0 saturated carbocycles. The number of aliphatic hydroxyl groups is 14. The standard InChI is InChI=1S/C37H73NO24/c1-16(45)22(11-40)56-35(21(48)10-39)55-20(5)24(13-42)57-33(17(2)46)54-19(4)23(12-41)58-34(18(3)47)61-31-26(15-44)60-37(30(52)28(31)50)62-32-25(14-43)59-36(29(51)27(32)49)53-9-7-6-8-38/h16-37,39-52H,6-15,38H2,1-5H3/t16-,17-,18-,19+,20-,21-,22?,23?,24?,25?,26?,27?,28?,29?,30?,31?,32?,33?,34?,35?,36?,37?/m0/s1. The maximum absolute atomic E-state index is 11.2. The Bertz CT molecular complexity index is 1160. The Labute approximate surface area is 359 Å². The van der Waals surface area contributed by atoms with Crippen LogP contribution in [0.2, 0.25) is 0 Å². The van der Waals surface area contributed by atoms with Gasteiger partial charge in [0.1, 0.15) is 85.5 Å². The van der Waals surface area contributed by atoms with Gasteiger partial charge in [0.15, 0.2) is 31.5 Å². The van der Waals surface area contributed by atoms with Gasteiger partial charge in [0.05, 0.1) is 58.0 Å². The van der Waals surface area contributed by atoms with Crippen LogP contribution in [0.15, 0.2) is 0 Å². The number of unbranched alkanes of at least 4 members (excludes halogenated alkanes) is 1. The normalized spacial score (nSPS) is 33.1. The molecule has 62 heavy (non-hydrogen) atoms. The highest BCUT2D eigenvalue weighted by Gasteiger charge is 2.52. The number of rotatable bonds is 31. The molecule has 0 amide bonds. The van der Waals surface area contributed by atoms with Crippen LogP contribution in [0.4, 0.5) is 0 Å². The lowest BCUT2D eigenvalue weighted by molar-refractivity contribution is -0.372. The Kier molecular flexibility index (Phi) is 26.6. The van der Waals surface area contributed by atoms with E-state index in [2.05, 4.69) is 0 Å². The molecule has 0 radical (unpaired) electrons. The van der Waals surface area contributed by atoms with Gasteiger partial charge in [0.2, 0.25) is 0 Å². The Morgan fingerprint density at radius 3 is 1.47 bits per heavy atom. The van der Waals surface area contributed by atoms with Crippen molar-refractivity contribution in [1.82, 2.24) is 0 Å². The third-order valence-corrected chi connectivity index (χ3v) is 10.1. The summed E-state index contributed by atoms with van der Waals surface area (Å²) in [6, 6.07) is 0. The van der Waals surface area contributed by atoms with Gasteiger partial charge in [0.25, 0.3) is 0 Å². The van der Waals surface area contributed by atoms with Crippen molar-refractivity contribution in [3.8, 4) is 0 Å². The molecule has 0 aromatic rings. The van der Waals surface area contributed by atoms with Gasteiger partial charge in [-0.2, -0.15) is 0 Å². The minimum atomic E-state index is -1.97. The van der Waals surface area contributed by atoms with Gasteiger partial charge in [-0.25, -0.2) is 0 Å². The van der Waals surface area contributed by atoms with Crippen LogP contribution >= 0.6 is 0 Å². The molecule has 2 rings (SSSR count). The van der Waals surface area contributed by atoms with Gasteiger partial charge in [-0.1, -0.05) is 0 Å². The van der Waals surface area contributed by atoms with Crippen molar-refractivity contribution in [3.63, 3.8) is 0 Å². The molecular formula is C37H73NO24. The summed E-state index contributed by atoms with van der Waals surface area (Å²) in [4.78, 5) is 0. The fraction of sp³-hybridized carbons (Fsp3) is 1.00. The number of hydrogen-bond acceptors (Lipinski definition) is 25. The average molecular weight is 916 g/mol. The lowest BCUT2D eigenvalue weighted by Crippen LogP contribution is -2.65. The summed E-state index contributed by atoms with van der Waals surface area (Å²) < 4.78 is 56.8. The molecule has 370 valence electrons. The lowest BCUT2D eigenvalue weighted by Gasteiger charge is -2.47. The molecule has 0 bridgehead atoms. The predicted molar refractivity (Wildman–Crippen MR) is 206 cm³/mol. The van der Waals surface area contributed by atoms with Crippen molar-refractivity contribution in [2.75, 3.05) is 52.8 Å². The first-order valence-corrected chi connectivity index (χ1v) is 20.6. The molecule has 2 aliphatic heterocycles. The first kappa shape index (κ1) is 57.1. The van der Waals surface area contributed by atoms with Crippen molar-refractivity contribution in [3.05, 3.63) is 0 Å². The van der Waals surface area contributed by atoms with E-state index < -0.39 is 175 Å². The Hall–Kier alpha value is -1.00. The second-order valence-electron chi connectivity index (χ2n) is 15.3. The molecule has 0 aliphatic carbocycles. The molecule has 16 N–H and O–H groups in total. The van der Waals surface area contributed by atoms with Gasteiger partial charge in [-0.3, -0.25) is 0 Å². The number of aliphatic hydroxyl groups excluding tert-OH is 14. The summed E-state index contributed by atoms with van der Waals surface area (Å²) in [5, 5.41) is 145. The maximum atomic E-state index is 11.2. The van der Waals surface area contributed by atoms with Gasteiger partial charge >= 0.3 is 0 Å². The summed E-state index contributed by atoms with van der Waals surface area (Å²) in [6.45, 7) is 2.46. The quantitative estimate of drug-likeness (QED) is 0.0227. The van der Waals surface area contributed by atoms with Crippen molar-refractivity contribution >= 4 is 0 Å². The van der Waals surface area contributed by atoms with E-state index in [4.69, 9.17) is 53.1 Å². The Morgan fingerprint density at radius 1 is 0.516 bits per heavy atom. The van der Waals surface area contributed by atoms with Crippen LogP contribution in [0, 0.1) is 0 Å². The van der Waals surface area contributed by atoms with E-state index >= 15 is 0 Å². The summed E-state index contributed by atoms with van der Waals surface area (Å²) in [7, 11) is 0. The largest absolute Gasteiger partial charge is 0.394 e. The van der Waals surface area contributed by atoms with E-state index in [1.54, 1.807) is 0 Å². The molecule has 16 unspecified atom stereocenters. The highest BCUT2D eigenvalue weighted by molar-refractivity contribution is 4.95. The van der Waals surface area contributed by atoms with E-state index in [9.17, 15) is 71.5 Å². The molecular weight excluding hydrogens is 842 g/mol. The minimum Gasteiger partial charge on any atom is -0.394 e. The molecule has 25 nitrogen and oxygen atoms in total. The number of nitrogens with two attached hydrogens (primary N) is 1. The SMILES string of the molecule is C[C@H](O)C(CO)OC(O[C@@H](C)C(CO)OC(O[C@H](C)C(CO)OC(OC1C(CO)OC(OC2C(CO)OC(OCCCCN)C(O)C2O)C(O)C1O)[C@H](C)O)[C@H](C)O)[C@@H](O)CO. The summed E-state index contributed by atoms with van der Waals surface area (Å²) in [5.74, 6) is 0. The molecule has 0 aromatic carbocycles. The third kappa shape index (κ3) is 16.7. The summed E-state index contributed by atoms with van der Waals surface area (Å²) in [5.41, 5.74) is 5.48. The summed E-state index contributed by atoms with van der Waals surface area (Å²) in [6.07, 6.45) is -32.3. The molecule has 0 aromatic heterocycles. The van der Waals surface area contributed by atoms with E-state index in [-0.39, 0.29) is 6.61 Å². The fourth-order valence-electron chi connectivity index (χ4n) is 6.29.